The Morgan fingerprint density at radius 2 is 2.17 bits per heavy atom. The van der Waals surface area contributed by atoms with Crippen LogP contribution in [0.3, 0.4) is 0 Å². The standard InChI is InChI=1S/C14H30N4/c1-3-5-6-7-10-16-14(15)17-12-13-9-8-11-18(13)4-2/h13H,3-12H2,1-2H3,(H3,15,16,17). The highest BCUT2D eigenvalue weighted by atomic mass is 15.2. The van der Waals surface area contributed by atoms with Crippen molar-refractivity contribution in [2.75, 3.05) is 26.2 Å². The maximum Gasteiger partial charge on any atom is 0.188 e. The summed E-state index contributed by atoms with van der Waals surface area (Å²) in [5, 5.41) is 3.21. The second-order valence-electron chi connectivity index (χ2n) is 5.14. The molecule has 0 aromatic rings. The zero-order chi connectivity index (χ0) is 13.2. The summed E-state index contributed by atoms with van der Waals surface area (Å²) in [6, 6.07) is 0.607. The molecule has 0 radical (unpaired) electrons. The molecule has 0 aromatic carbocycles. The number of guanidine groups is 1. The van der Waals surface area contributed by atoms with Crippen LogP contribution in [0.15, 0.2) is 4.99 Å². The lowest BCUT2D eigenvalue weighted by Gasteiger charge is -2.20. The van der Waals surface area contributed by atoms with Crippen LogP contribution in [0.5, 0.6) is 0 Å². The molecule has 3 N–H and O–H groups in total. The Balaban J connectivity index is 2.12. The Hall–Kier alpha value is -0.770. The molecule has 106 valence electrons. The molecular formula is C14H30N4. The van der Waals surface area contributed by atoms with Crippen LogP contribution in [0.1, 0.15) is 52.4 Å². The Labute approximate surface area is 112 Å². The first kappa shape index (κ1) is 15.3. The fraction of sp³-hybridized carbons (Fsp3) is 0.929. The minimum absolute atomic E-state index is 0.607. The third-order valence-electron chi connectivity index (χ3n) is 3.71. The minimum Gasteiger partial charge on any atom is -0.370 e. The average molecular weight is 254 g/mol. The van der Waals surface area contributed by atoms with Gasteiger partial charge >= 0.3 is 0 Å². The van der Waals surface area contributed by atoms with E-state index in [1.165, 1.54) is 45.1 Å². The summed E-state index contributed by atoms with van der Waals surface area (Å²) >= 11 is 0. The van der Waals surface area contributed by atoms with E-state index in [0.717, 1.165) is 19.6 Å². The zero-order valence-corrected chi connectivity index (χ0v) is 12.1. The van der Waals surface area contributed by atoms with Gasteiger partial charge < -0.3 is 11.1 Å². The van der Waals surface area contributed by atoms with Gasteiger partial charge in [-0.05, 0) is 32.4 Å². The molecule has 1 saturated heterocycles. The molecule has 0 aliphatic carbocycles. The van der Waals surface area contributed by atoms with Crippen LogP contribution in [0.4, 0.5) is 0 Å². The fourth-order valence-electron chi connectivity index (χ4n) is 2.55. The molecule has 1 fully saturated rings. The highest BCUT2D eigenvalue weighted by Crippen LogP contribution is 2.16. The van der Waals surface area contributed by atoms with Crippen LogP contribution in [0.25, 0.3) is 0 Å². The van der Waals surface area contributed by atoms with Gasteiger partial charge in [0.1, 0.15) is 0 Å². The normalized spacial score (nSPS) is 21.4. The number of nitrogens with two attached hydrogens (primary N) is 1. The van der Waals surface area contributed by atoms with Gasteiger partial charge in [0, 0.05) is 12.6 Å². The molecule has 1 unspecified atom stereocenters. The second kappa shape index (κ2) is 9.20. The lowest BCUT2D eigenvalue weighted by molar-refractivity contribution is 0.273. The first-order chi connectivity index (χ1) is 8.77. The van der Waals surface area contributed by atoms with E-state index in [1.54, 1.807) is 0 Å². The van der Waals surface area contributed by atoms with Crippen molar-refractivity contribution >= 4 is 5.96 Å². The molecule has 0 aromatic heterocycles. The lowest BCUT2D eigenvalue weighted by Crippen LogP contribution is -2.36. The van der Waals surface area contributed by atoms with Crippen LogP contribution in [-0.2, 0) is 0 Å². The maximum absolute atomic E-state index is 5.87. The molecule has 1 aliphatic heterocycles. The molecule has 0 amide bonds. The predicted octanol–water partition coefficient (Wildman–Crippen LogP) is 1.96. The van der Waals surface area contributed by atoms with Crippen molar-refractivity contribution in [3.8, 4) is 0 Å². The largest absolute Gasteiger partial charge is 0.370 e. The van der Waals surface area contributed by atoms with E-state index in [4.69, 9.17) is 5.73 Å². The lowest BCUT2D eigenvalue weighted by atomic mass is 10.2. The van der Waals surface area contributed by atoms with Crippen LogP contribution in [0, 0.1) is 0 Å². The molecule has 1 aliphatic rings. The van der Waals surface area contributed by atoms with E-state index in [1.807, 2.05) is 0 Å². The topological polar surface area (TPSA) is 53.6 Å². The first-order valence-corrected chi connectivity index (χ1v) is 7.55. The van der Waals surface area contributed by atoms with Crippen LogP contribution < -0.4 is 11.1 Å². The molecule has 0 spiro atoms. The Bertz CT molecular complexity index is 240. The highest BCUT2D eigenvalue weighted by molar-refractivity contribution is 5.77. The third kappa shape index (κ3) is 5.71. The van der Waals surface area contributed by atoms with E-state index in [9.17, 15) is 0 Å². The summed E-state index contributed by atoms with van der Waals surface area (Å²) in [5.74, 6) is 0.620. The van der Waals surface area contributed by atoms with Crippen molar-refractivity contribution in [2.24, 2.45) is 10.7 Å². The smallest absolute Gasteiger partial charge is 0.188 e. The van der Waals surface area contributed by atoms with Crippen LogP contribution >= 0.6 is 0 Å². The van der Waals surface area contributed by atoms with Gasteiger partial charge in [-0.15, -0.1) is 0 Å². The maximum atomic E-state index is 5.87. The predicted molar refractivity (Wildman–Crippen MR) is 78.9 cm³/mol. The monoisotopic (exact) mass is 254 g/mol. The average Bonchev–Trinajstić information content (AvgIpc) is 2.83. The van der Waals surface area contributed by atoms with E-state index in [-0.39, 0.29) is 0 Å². The Morgan fingerprint density at radius 3 is 2.89 bits per heavy atom. The van der Waals surface area contributed by atoms with Gasteiger partial charge in [0.05, 0.1) is 6.54 Å². The molecule has 1 rings (SSSR count). The number of rotatable bonds is 8. The van der Waals surface area contributed by atoms with Gasteiger partial charge in [-0.3, -0.25) is 9.89 Å². The highest BCUT2D eigenvalue weighted by Gasteiger charge is 2.22. The van der Waals surface area contributed by atoms with Crippen molar-refractivity contribution < 1.29 is 0 Å². The van der Waals surface area contributed by atoms with Crippen LogP contribution in [0.2, 0.25) is 0 Å². The van der Waals surface area contributed by atoms with Crippen molar-refractivity contribution in [3.63, 3.8) is 0 Å². The number of aliphatic imine (C=N–C) groups is 1. The molecule has 1 atom stereocenters. The molecule has 0 saturated carbocycles. The molecule has 4 nitrogen and oxygen atoms in total. The summed E-state index contributed by atoms with van der Waals surface area (Å²) in [6.45, 7) is 8.60. The van der Waals surface area contributed by atoms with Gasteiger partial charge in [-0.2, -0.15) is 0 Å². The SMILES string of the molecule is CCCCCCNC(N)=NCC1CCCN1CC. The quantitative estimate of drug-likeness (QED) is 0.395. The molecular weight excluding hydrogens is 224 g/mol. The number of unbranched alkanes of at least 4 members (excludes halogenated alkanes) is 3. The Morgan fingerprint density at radius 1 is 1.33 bits per heavy atom. The van der Waals surface area contributed by atoms with Gasteiger partial charge in [-0.1, -0.05) is 33.1 Å². The van der Waals surface area contributed by atoms with E-state index < -0.39 is 0 Å². The molecule has 0 bridgehead atoms. The second-order valence-corrected chi connectivity index (χ2v) is 5.14. The van der Waals surface area contributed by atoms with Crippen LogP contribution in [-0.4, -0.2) is 43.1 Å². The molecule has 18 heavy (non-hydrogen) atoms. The third-order valence-corrected chi connectivity index (χ3v) is 3.71. The van der Waals surface area contributed by atoms with Crippen molar-refractivity contribution in [1.82, 2.24) is 10.2 Å². The summed E-state index contributed by atoms with van der Waals surface area (Å²) in [6.07, 6.45) is 7.63. The summed E-state index contributed by atoms with van der Waals surface area (Å²) in [7, 11) is 0. The Kier molecular flexibility index (Phi) is 7.81. The minimum atomic E-state index is 0.607. The van der Waals surface area contributed by atoms with Gasteiger partial charge in [0.2, 0.25) is 0 Å². The van der Waals surface area contributed by atoms with E-state index in [2.05, 4.69) is 29.1 Å². The van der Waals surface area contributed by atoms with Crippen molar-refractivity contribution in [1.29, 1.82) is 0 Å². The number of nitrogens with zero attached hydrogens (tertiary/aromatic N) is 2. The van der Waals surface area contributed by atoms with E-state index in [0.29, 0.717) is 12.0 Å². The van der Waals surface area contributed by atoms with Gasteiger partial charge in [0.15, 0.2) is 5.96 Å². The van der Waals surface area contributed by atoms with E-state index >= 15 is 0 Å². The summed E-state index contributed by atoms with van der Waals surface area (Å²) in [5.41, 5.74) is 5.87. The van der Waals surface area contributed by atoms with Crippen molar-refractivity contribution in [3.05, 3.63) is 0 Å². The van der Waals surface area contributed by atoms with Gasteiger partial charge in [0.25, 0.3) is 0 Å². The first-order valence-electron chi connectivity index (χ1n) is 7.55. The number of nitrogens with one attached hydrogen (secondary N) is 1. The fourth-order valence-corrected chi connectivity index (χ4v) is 2.55. The molecule has 1 heterocycles. The summed E-state index contributed by atoms with van der Waals surface area (Å²) in [4.78, 5) is 6.96. The molecule has 4 heteroatoms. The van der Waals surface area contributed by atoms with Crippen molar-refractivity contribution in [2.45, 2.75) is 58.4 Å². The zero-order valence-electron chi connectivity index (χ0n) is 12.1. The number of likely N-dealkylation sites (tertiary alicyclic amines) is 1. The number of hydrogen-bond donors (Lipinski definition) is 2. The number of likely N-dealkylation sites (N-methyl/N-ethyl adjacent to an activating group) is 1. The summed E-state index contributed by atoms with van der Waals surface area (Å²) < 4.78 is 0. The number of hydrogen-bond acceptors (Lipinski definition) is 2. The van der Waals surface area contributed by atoms with Gasteiger partial charge in [-0.25, -0.2) is 0 Å².